The fourth-order valence-corrected chi connectivity index (χ4v) is 3.56. The second kappa shape index (κ2) is 9.82. The van der Waals surface area contributed by atoms with Gasteiger partial charge in [0.25, 0.3) is 0 Å². The first-order valence-corrected chi connectivity index (χ1v) is 10.4. The average molecular weight is 472 g/mol. The maximum absolute atomic E-state index is 12.4. The van der Waals surface area contributed by atoms with E-state index in [1.54, 1.807) is 4.90 Å². The Morgan fingerprint density at radius 2 is 1.90 bits per heavy atom. The maximum atomic E-state index is 12.4. The Labute approximate surface area is 189 Å². The summed E-state index contributed by atoms with van der Waals surface area (Å²) >= 11 is 11.8. The molecule has 1 aromatic heterocycles. The lowest BCUT2D eigenvalue weighted by atomic mass is 10.1. The van der Waals surface area contributed by atoms with Gasteiger partial charge < -0.3 is 24.9 Å². The fraction of sp³-hybridized carbons (Fsp3) is 0.474. The standard InChI is InChI=1S/C19H23Cl2N5O5/c1-19(28,12-25-11-16(26(29)30)22-17(25)21)13-31-18(27)24-8-6-23(7-9-24)10-14-2-4-15(20)5-3-14/h2-5,11,28H,6-10,12-13H2,1H3. The van der Waals surface area contributed by atoms with Crippen LogP contribution in [-0.4, -0.2) is 73.9 Å². The van der Waals surface area contributed by atoms with Crippen molar-refractivity contribution in [3.05, 3.63) is 56.4 Å². The van der Waals surface area contributed by atoms with Crippen molar-refractivity contribution < 1.29 is 19.6 Å². The van der Waals surface area contributed by atoms with Gasteiger partial charge in [0.05, 0.1) is 6.54 Å². The van der Waals surface area contributed by atoms with Crippen molar-refractivity contribution in [2.45, 2.75) is 25.6 Å². The molecule has 168 valence electrons. The topological polar surface area (TPSA) is 114 Å². The van der Waals surface area contributed by atoms with Crippen LogP contribution in [0.1, 0.15) is 12.5 Å². The minimum Gasteiger partial charge on any atom is -0.446 e. The van der Waals surface area contributed by atoms with Crippen LogP contribution < -0.4 is 0 Å². The van der Waals surface area contributed by atoms with Crippen LogP contribution in [0.5, 0.6) is 0 Å². The lowest BCUT2D eigenvalue weighted by Gasteiger charge is -2.34. The SMILES string of the molecule is CC(O)(COC(=O)N1CCN(Cc2ccc(Cl)cc2)CC1)Cn1cc([N+](=O)[O-])nc1Cl. The Hall–Kier alpha value is -2.40. The number of carbonyl (C=O) groups excluding carboxylic acids is 1. The number of halogens is 2. The monoisotopic (exact) mass is 471 g/mol. The molecule has 1 aromatic carbocycles. The number of nitro groups is 1. The van der Waals surface area contributed by atoms with E-state index in [1.165, 1.54) is 11.5 Å². The van der Waals surface area contributed by atoms with Crippen LogP contribution in [-0.2, 0) is 17.8 Å². The van der Waals surface area contributed by atoms with Crippen molar-refractivity contribution in [2.75, 3.05) is 32.8 Å². The number of ether oxygens (including phenoxy) is 1. The molecule has 3 rings (SSSR count). The summed E-state index contributed by atoms with van der Waals surface area (Å²) in [6, 6.07) is 7.66. The lowest BCUT2D eigenvalue weighted by Crippen LogP contribution is -2.49. The number of benzene rings is 1. The number of imidazole rings is 1. The number of aliphatic hydroxyl groups is 1. The molecule has 1 amide bonds. The summed E-state index contributed by atoms with van der Waals surface area (Å²) in [7, 11) is 0. The molecule has 31 heavy (non-hydrogen) atoms. The average Bonchev–Trinajstić information content (AvgIpc) is 3.08. The maximum Gasteiger partial charge on any atom is 0.409 e. The highest BCUT2D eigenvalue weighted by molar-refractivity contribution is 6.30. The summed E-state index contributed by atoms with van der Waals surface area (Å²) in [5.74, 6) is -0.422. The molecule has 2 aromatic rings. The van der Waals surface area contributed by atoms with Gasteiger partial charge in [0.2, 0.25) is 0 Å². The van der Waals surface area contributed by atoms with Gasteiger partial charge in [-0.3, -0.25) is 9.47 Å². The van der Waals surface area contributed by atoms with Crippen molar-refractivity contribution in [3.8, 4) is 0 Å². The molecule has 0 spiro atoms. The first kappa shape index (κ1) is 23.3. The van der Waals surface area contributed by atoms with Gasteiger partial charge >= 0.3 is 17.2 Å². The Bertz CT molecular complexity index is 926. The molecule has 10 nitrogen and oxygen atoms in total. The van der Waals surface area contributed by atoms with Crippen molar-refractivity contribution in [1.82, 2.24) is 19.4 Å². The largest absolute Gasteiger partial charge is 0.446 e. The van der Waals surface area contributed by atoms with E-state index < -0.39 is 22.4 Å². The quantitative estimate of drug-likeness (QED) is 0.487. The van der Waals surface area contributed by atoms with E-state index >= 15 is 0 Å². The third kappa shape index (κ3) is 6.54. The highest BCUT2D eigenvalue weighted by Gasteiger charge is 2.29. The lowest BCUT2D eigenvalue weighted by molar-refractivity contribution is -0.389. The molecule has 1 fully saturated rings. The zero-order chi connectivity index (χ0) is 22.6. The van der Waals surface area contributed by atoms with Gasteiger partial charge in [-0.2, -0.15) is 0 Å². The molecule has 0 saturated carbocycles. The molecule has 1 aliphatic heterocycles. The summed E-state index contributed by atoms with van der Waals surface area (Å²) in [5.41, 5.74) is -0.334. The van der Waals surface area contributed by atoms with Gasteiger partial charge in [0.1, 0.15) is 18.4 Å². The summed E-state index contributed by atoms with van der Waals surface area (Å²) < 4.78 is 6.51. The van der Waals surface area contributed by atoms with E-state index in [0.717, 1.165) is 18.3 Å². The molecule has 2 heterocycles. The van der Waals surface area contributed by atoms with Crippen LogP contribution in [0.2, 0.25) is 10.3 Å². The first-order valence-electron chi connectivity index (χ1n) is 9.61. The van der Waals surface area contributed by atoms with E-state index in [-0.39, 0.29) is 18.4 Å². The summed E-state index contributed by atoms with van der Waals surface area (Å²) in [5, 5.41) is 21.9. The predicted molar refractivity (Wildman–Crippen MR) is 114 cm³/mol. The van der Waals surface area contributed by atoms with E-state index in [9.17, 15) is 20.0 Å². The molecule has 1 aliphatic rings. The van der Waals surface area contributed by atoms with E-state index in [0.29, 0.717) is 31.2 Å². The van der Waals surface area contributed by atoms with Crippen LogP contribution in [0.15, 0.2) is 30.5 Å². The molecule has 0 radical (unpaired) electrons. The minimum atomic E-state index is -1.48. The van der Waals surface area contributed by atoms with Gasteiger partial charge in [-0.1, -0.05) is 23.7 Å². The Morgan fingerprint density at radius 3 is 2.48 bits per heavy atom. The van der Waals surface area contributed by atoms with Crippen LogP contribution in [0.4, 0.5) is 10.6 Å². The first-order chi connectivity index (χ1) is 14.6. The normalized spacial score (nSPS) is 16.7. The third-order valence-corrected chi connectivity index (χ3v) is 5.42. The number of hydrogen-bond donors (Lipinski definition) is 1. The number of rotatable bonds is 7. The summed E-state index contributed by atoms with van der Waals surface area (Å²) in [4.78, 5) is 29.9. The molecule has 1 N–H and O–H groups in total. The fourth-order valence-electron chi connectivity index (χ4n) is 3.24. The van der Waals surface area contributed by atoms with Crippen molar-refractivity contribution >= 4 is 35.1 Å². The van der Waals surface area contributed by atoms with Gasteiger partial charge in [-0.25, -0.2) is 4.79 Å². The van der Waals surface area contributed by atoms with Gasteiger partial charge in [0.15, 0.2) is 0 Å². The highest BCUT2D eigenvalue weighted by atomic mass is 35.5. The third-order valence-electron chi connectivity index (χ3n) is 4.87. The predicted octanol–water partition coefficient (Wildman–Crippen LogP) is 2.80. The molecule has 1 unspecified atom stereocenters. The zero-order valence-electron chi connectivity index (χ0n) is 16.9. The number of nitrogens with zero attached hydrogens (tertiary/aromatic N) is 5. The molecule has 1 atom stereocenters. The van der Waals surface area contributed by atoms with Crippen LogP contribution in [0, 0.1) is 10.1 Å². The number of carbonyl (C=O) groups is 1. The summed E-state index contributed by atoms with van der Waals surface area (Å²) in [6.45, 7) is 4.22. The second-order valence-electron chi connectivity index (χ2n) is 7.69. The smallest absolute Gasteiger partial charge is 0.409 e. The van der Waals surface area contributed by atoms with Gasteiger partial charge in [0, 0.05) is 37.7 Å². The zero-order valence-corrected chi connectivity index (χ0v) is 18.4. The molecule has 1 saturated heterocycles. The van der Waals surface area contributed by atoms with Crippen molar-refractivity contribution in [3.63, 3.8) is 0 Å². The highest BCUT2D eigenvalue weighted by Crippen LogP contribution is 2.19. The number of hydrogen-bond acceptors (Lipinski definition) is 7. The molecule has 12 heteroatoms. The Morgan fingerprint density at radius 1 is 1.26 bits per heavy atom. The van der Waals surface area contributed by atoms with Crippen LogP contribution >= 0.6 is 23.2 Å². The second-order valence-corrected chi connectivity index (χ2v) is 8.47. The van der Waals surface area contributed by atoms with E-state index in [2.05, 4.69) is 9.88 Å². The Kier molecular flexibility index (Phi) is 7.37. The summed E-state index contributed by atoms with van der Waals surface area (Å²) in [6.07, 6.45) is 0.604. The minimum absolute atomic E-state index is 0.116. The van der Waals surface area contributed by atoms with E-state index in [4.69, 9.17) is 27.9 Å². The van der Waals surface area contributed by atoms with Gasteiger partial charge in [-0.15, -0.1) is 0 Å². The number of piperazine rings is 1. The van der Waals surface area contributed by atoms with Crippen molar-refractivity contribution in [2.24, 2.45) is 0 Å². The number of aromatic nitrogens is 2. The molecule has 0 aliphatic carbocycles. The molecule has 0 bridgehead atoms. The van der Waals surface area contributed by atoms with Crippen LogP contribution in [0.3, 0.4) is 0 Å². The Balaban J connectivity index is 1.45. The molecular weight excluding hydrogens is 449 g/mol. The molecular formula is C19H23Cl2N5O5. The van der Waals surface area contributed by atoms with E-state index in [1.807, 2.05) is 24.3 Å². The van der Waals surface area contributed by atoms with Crippen molar-refractivity contribution in [1.29, 1.82) is 0 Å². The van der Waals surface area contributed by atoms with Gasteiger partial charge in [-0.05, 0) is 46.1 Å². The van der Waals surface area contributed by atoms with Crippen LogP contribution in [0.25, 0.3) is 0 Å². The number of amides is 1.